The molecule has 3 nitrogen and oxygen atoms in total. The molecule has 1 unspecified atom stereocenters. The Labute approximate surface area is 116 Å². The Balaban J connectivity index is 2.73. The highest BCUT2D eigenvalue weighted by atomic mass is 79.9. The molecule has 5 heteroatoms. The minimum absolute atomic E-state index is 0.0814. The van der Waals surface area contributed by atoms with E-state index in [-0.39, 0.29) is 11.9 Å². The fourth-order valence-electron chi connectivity index (χ4n) is 1.58. The van der Waals surface area contributed by atoms with Gasteiger partial charge < -0.3 is 10.2 Å². The van der Waals surface area contributed by atoms with E-state index in [1.165, 1.54) is 0 Å². The highest BCUT2D eigenvalue weighted by Crippen LogP contribution is 2.20. The average molecular weight is 317 g/mol. The van der Waals surface area contributed by atoms with Gasteiger partial charge in [0.15, 0.2) is 0 Å². The number of hydrogen-bond donors (Lipinski definition) is 2. The molecule has 1 amide bonds. The molecule has 0 saturated heterocycles. The van der Waals surface area contributed by atoms with Crippen molar-refractivity contribution in [1.29, 1.82) is 0 Å². The van der Waals surface area contributed by atoms with Gasteiger partial charge in [0.1, 0.15) is 0 Å². The van der Waals surface area contributed by atoms with Crippen LogP contribution in [0.4, 0.5) is 0 Å². The maximum atomic E-state index is 12.0. The van der Waals surface area contributed by atoms with Gasteiger partial charge in [-0.1, -0.05) is 0 Å². The summed E-state index contributed by atoms with van der Waals surface area (Å²) in [6.45, 7) is 2.79. The lowest BCUT2D eigenvalue weighted by Gasteiger charge is -2.18. The number of rotatable bonds is 4. The number of nitrogens with zero attached hydrogens (tertiary/aromatic N) is 1. The molecule has 0 aliphatic rings. The van der Waals surface area contributed by atoms with Gasteiger partial charge in [-0.2, -0.15) is 0 Å². The van der Waals surface area contributed by atoms with E-state index in [2.05, 4.69) is 33.9 Å². The molecule has 0 saturated carbocycles. The van der Waals surface area contributed by atoms with Gasteiger partial charge in [0.25, 0.3) is 5.91 Å². The zero-order chi connectivity index (χ0) is 13.0. The molecule has 0 heterocycles. The molecule has 0 fully saturated rings. The van der Waals surface area contributed by atoms with Crippen LogP contribution in [0, 0.1) is 0 Å². The Hall–Kier alpha value is -0.520. The van der Waals surface area contributed by atoms with Crippen LogP contribution >= 0.6 is 28.6 Å². The van der Waals surface area contributed by atoms with Crippen molar-refractivity contribution in [3.8, 4) is 0 Å². The van der Waals surface area contributed by atoms with Crippen LogP contribution in [0.15, 0.2) is 27.6 Å². The number of halogens is 1. The van der Waals surface area contributed by atoms with Gasteiger partial charge in [0.2, 0.25) is 0 Å². The summed E-state index contributed by atoms with van der Waals surface area (Å²) in [5, 5.41) is 2.95. The van der Waals surface area contributed by atoms with Crippen LogP contribution < -0.4 is 5.32 Å². The van der Waals surface area contributed by atoms with Crippen molar-refractivity contribution in [2.45, 2.75) is 17.9 Å². The normalized spacial score (nSPS) is 12.6. The monoisotopic (exact) mass is 316 g/mol. The van der Waals surface area contributed by atoms with E-state index in [0.717, 1.165) is 15.9 Å². The van der Waals surface area contributed by atoms with Gasteiger partial charge in [-0.3, -0.25) is 4.79 Å². The number of hydrogen-bond acceptors (Lipinski definition) is 3. The first-order chi connectivity index (χ1) is 7.90. The van der Waals surface area contributed by atoms with Crippen molar-refractivity contribution in [2.24, 2.45) is 0 Å². The third-order valence-electron chi connectivity index (χ3n) is 2.21. The summed E-state index contributed by atoms with van der Waals surface area (Å²) in [6, 6.07) is 5.53. The molecule has 17 heavy (non-hydrogen) atoms. The maximum absolute atomic E-state index is 12.0. The van der Waals surface area contributed by atoms with Crippen molar-refractivity contribution >= 4 is 34.5 Å². The first-order valence-electron chi connectivity index (χ1n) is 5.34. The van der Waals surface area contributed by atoms with Crippen LogP contribution in [0.1, 0.15) is 17.3 Å². The molecular formula is C12H17BrN2OS. The fourth-order valence-corrected chi connectivity index (χ4v) is 2.21. The van der Waals surface area contributed by atoms with Gasteiger partial charge in [0, 0.05) is 22.0 Å². The zero-order valence-electron chi connectivity index (χ0n) is 10.2. The van der Waals surface area contributed by atoms with Crippen LogP contribution in [-0.4, -0.2) is 37.5 Å². The summed E-state index contributed by atoms with van der Waals surface area (Å²) in [5.74, 6) is -0.0814. The summed E-state index contributed by atoms with van der Waals surface area (Å²) in [4.78, 5) is 14.8. The fraction of sp³-hybridized carbons (Fsp3) is 0.417. The summed E-state index contributed by atoms with van der Waals surface area (Å²) in [6.07, 6.45) is 0. The second-order valence-electron chi connectivity index (χ2n) is 4.30. The van der Waals surface area contributed by atoms with E-state index in [0.29, 0.717) is 5.56 Å². The lowest BCUT2D eigenvalue weighted by atomic mass is 10.2. The molecule has 0 aliphatic carbocycles. The van der Waals surface area contributed by atoms with E-state index < -0.39 is 0 Å². The lowest BCUT2D eigenvalue weighted by molar-refractivity contribution is 0.0933. The zero-order valence-corrected chi connectivity index (χ0v) is 12.7. The third-order valence-corrected chi connectivity index (χ3v) is 3.18. The second kappa shape index (κ2) is 6.42. The predicted octanol–water partition coefficient (Wildman–Crippen LogP) is 2.42. The van der Waals surface area contributed by atoms with Crippen molar-refractivity contribution < 1.29 is 4.79 Å². The Kier molecular flexibility index (Phi) is 5.49. The van der Waals surface area contributed by atoms with Gasteiger partial charge in [0.05, 0.1) is 5.56 Å². The molecule has 0 aliphatic heterocycles. The minimum atomic E-state index is -0.0814. The molecule has 1 rings (SSSR count). The van der Waals surface area contributed by atoms with Gasteiger partial charge in [-0.05, 0) is 55.1 Å². The van der Waals surface area contributed by atoms with E-state index in [1.54, 1.807) is 6.07 Å². The molecular weight excluding hydrogens is 300 g/mol. The van der Waals surface area contributed by atoms with Gasteiger partial charge in [-0.15, -0.1) is 12.6 Å². The third kappa shape index (κ3) is 4.69. The van der Waals surface area contributed by atoms with E-state index in [4.69, 9.17) is 0 Å². The SMILES string of the molecule is CC(CN(C)C)NC(=O)c1cc(S)ccc1Br. The number of nitrogens with one attached hydrogen (secondary N) is 1. The number of thiol groups is 1. The lowest BCUT2D eigenvalue weighted by Crippen LogP contribution is -2.39. The topological polar surface area (TPSA) is 32.3 Å². The Morgan fingerprint density at radius 3 is 2.76 bits per heavy atom. The summed E-state index contributed by atoms with van der Waals surface area (Å²) >= 11 is 7.60. The predicted molar refractivity (Wildman–Crippen MR) is 76.9 cm³/mol. The van der Waals surface area contributed by atoms with Crippen LogP contribution in [-0.2, 0) is 0 Å². The molecule has 0 spiro atoms. The van der Waals surface area contributed by atoms with Crippen molar-refractivity contribution in [3.63, 3.8) is 0 Å². The van der Waals surface area contributed by atoms with Crippen molar-refractivity contribution in [2.75, 3.05) is 20.6 Å². The first-order valence-corrected chi connectivity index (χ1v) is 6.58. The van der Waals surface area contributed by atoms with E-state index in [1.807, 2.05) is 38.1 Å². The summed E-state index contributed by atoms with van der Waals surface area (Å²) in [5.41, 5.74) is 0.614. The average Bonchev–Trinajstić information content (AvgIpc) is 2.20. The smallest absolute Gasteiger partial charge is 0.252 e. The summed E-state index contributed by atoms with van der Waals surface area (Å²) < 4.78 is 0.782. The van der Waals surface area contributed by atoms with Crippen molar-refractivity contribution in [3.05, 3.63) is 28.2 Å². The molecule has 0 radical (unpaired) electrons. The Bertz CT molecular complexity index is 409. The largest absolute Gasteiger partial charge is 0.348 e. The Morgan fingerprint density at radius 1 is 1.53 bits per heavy atom. The highest BCUT2D eigenvalue weighted by Gasteiger charge is 2.13. The molecule has 1 atom stereocenters. The van der Waals surface area contributed by atoms with Crippen molar-refractivity contribution in [1.82, 2.24) is 10.2 Å². The molecule has 1 N–H and O–H groups in total. The number of carbonyl (C=O) groups is 1. The number of likely N-dealkylation sites (N-methyl/N-ethyl adjacent to an activating group) is 1. The van der Waals surface area contributed by atoms with Crippen LogP contribution in [0.3, 0.4) is 0 Å². The molecule has 1 aromatic rings. The number of benzene rings is 1. The highest BCUT2D eigenvalue weighted by molar-refractivity contribution is 9.10. The number of amides is 1. The van der Waals surface area contributed by atoms with Crippen LogP contribution in [0.5, 0.6) is 0 Å². The summed E-state index contributed by atoms with van der Waals surface area (Å²) in [7, 11) is 3.96. The van der Waals surface area contributed by atoms with Gasteiger partial charge in [-0.25, -0.2) is 0 Å². The molecule has 0 bridgehead atoms. The molecule has 0 aromatic heterocycles. The first kappa shape index (κ1) is 14.5. The van der Waals surface area contributed by atoms with Gasteiger partial charge >= 0.3 is 0 Å². The second-order valence-corrected chi connectivity index (χ2v) is 5.67. The Morgan fingerprint density at radius 2 is 2.18 bits per heavy atom. The number of carbonyl (C=O) groups excluding carboxylic acids is 1. The molecule has 1 aromatic carbocycles. The van der Waals surface area contributed by atoms with Crippen LogP contribution in [0.2, 0.25) is 0 Å². The van der Waals surface area contributed by atoms with E-state index in [9.17, 15) is 4.79 Å². The quantitative estimate of drug-likeness (QED) is 0.836. The van der Waals surface area contributed by atoms with E-state index >= 15 is 0 Å². The molecule has 94 valence electrons. The minimum Gasteiger partial charge on any atom is -0.348 e. The van der Waals surface area contributed by atoms with Crippen LogP contribution in [0.25, 0.3) is 0 Å². The maximum Gasteiger partial charge on any atom is 0.252 e. The standard InChI is InChI=1S/C12H17BrN2OS/c1-8(7-15(2)3)14-12(16)10-6-9(17)4-5-11(10)13/h4-6,8,17H,7H2,1-3H3,(H,14,16).